The van der Waals surface area contributed by atoms with Gasteiger partial charge in [-0.05, 0) is 49.3 Å². The Morgan fingerprint density at radius 3 is 3.03 bits per heavy atom. The molecule has 0 bridgehead atoms. The highest BCUT2D eigenvalue weighted by Crippen LogP contribution is 2.40. The van der Waals surface area contributed by atoms with Gasteiger partial charge >= 0.3 is 0 Å². The van der Waals surface area contributed by atoms with E-state index in [0.717, 1.165) is 44.2 Å². The number of carbonyl (C=O) groups excluding carboxylic acids is 1. The Bertz CT molecular complexity index is 1090. The predicted octanol–water partition coefficient (Wildman–Crippen LogP) is 5.13. The average Bonchev–Trinajstić information content (AvgIpc) is 3.50. The van der Waals surface area contributed by atoms with Crippen LogP contribution in [0.5, 0.6) is 0 Å². The van der Waals surface area contributed by atoms with Crippen molar-refractivity contribution in [2.24, 2.45) is 5.92 Å². The van der Waals surface area contributed by atoms with Gasteiger partial charge in [-0.2, -0.15) is 5.26 Å². The molecule has 3 aromatic heterocycles. The topological polar surface area (TPSA) is 96.7 Å². The summed E-state index contributed by atoms with van der Waals surface area (Å²) in [4.78, 5) is 13.9. The molecule has 3 heterocycles. The first kappa shape index (κ1) is 21.7. The van der Waals surface area contributed by atoms with E-state index in [4.69, 9.17) is 4.42 Å². The molecule has 1 unspecified atom stereocenters. The third kappa shape index (κ3) is 4.55. The molecule has 0 saturated carbocycles. The Morgan fingerprint density at radius 2 is 2.32 bits per heavy atom. The minimum absolute atomic E-state index is 0.141. The van der Waals surface area contributed by atoms with Gasteiger partial charge < -0.3 is 9.73 Å². The lowest BCUT2D eigenvalue weighted by molar-refractivity contribution is -0.113. The molecule has 0 aromatic carbocycles. The molecule has 0 saturated heterocycles. The molecular weight excluding hydrogens is 430 g/mol. The first-order valence-corrected chi connectivity index (χ1v) is 12.4. The zero-order chi connectivity index (χ0) is 21.8. The fraction of sp³-hybridized carbons (Fsp3) is 0.455. The number of aromatic nitrogens is 3. The van der Waals surface area contributed by atoms with Gasteiger partial charge in [0, 0.05) is 11.4 Å². The minimum atomic E-state index is -0.141. The van der Waals surface area contributed by atoms with E-state index in [-0.39, 0.29) is 11.7 Å². The number of nitrogens with zero attached hydrogens (tertiary/aromatic N) is 4. The Morgan fingerprint density at radius 1 is 1.45 bits per heavy atom. The van der Waals surface area contributed by atoms with Crippen molar-refractivity contribution in [3.05, 3.63) is 34.4 Å². The van der Waals surface area contributed by atoms with Crippen LogP contribution in [-0.4, -0.2) is 26.4 Å². The number of fused-ring (bicyclic) bond motifs is 1. The van der Waals surface area contributed by atoms with Crippen LogP contribution in [0.3, 0.4) is 0 Å². The smallest absolute Gasteiger partial charge is 0.235 e. The third-order valence-corrected chi connectivity index (χ3v) is 7.68. The molecule has 4 rings (SSSR count). The van der Waals surface area contributed by atoms with E-state index in [1.807, 2.05) is 16.7 Å². The van der Waals surface area contributed by atoms with Crippen LogP contribution in [-0.2, 0) is 24.2 Å². The number of furan rings is 1. The predicted molar refractivity (Wildman–Crippen MR) is 122 cm³/mol. The van der Waals surface area contributed by atoms with Crippen LogP contribution in [0.1, 0.15) is 49.1 Å². The number of thiophene rings is 1. The van der Waals surface area contributed by atoms with Gasteiger partial charge in [-0.3, -0.25) is 9.36 Å². The van der Waals surface area contributed by atoms with Crippen molar-refractivity contribution in [1.29, 1.82) is 5.26 Å². The summed E-state index contributed by atoms with van der Waals surface area (Å²) >= 11 is 2.90. The summed E-state index contributed by atoms with van der Waals surface area (Å²) < 4.78 is 7.44. The second-order valence-corrected chi connectivity index (χ2v) is 9.66. The lowest BCUT2D eigenvalue weighted by Gasteiger charge is -2.20. The third-order valence-electron chi connectivity index (χ3n) is 5.55. The molecule has 7 nitrogen and oxygen atoms in total. The van der Waals surface area contributed by atoms with Crippen molar-refractivity contribution < 1.29 is 9.21 Å². The Balaban J connectivity index is 1.45. The van der Waals surface area contributed by atoms with Crippen molar-refractivity contribution in [3.63, 3.8) is 0 Å². The van der Waals surface area contributed by atoms with Gasteiger partial charge in [0.2, 0.25) is 5.91 Å². The molecule has 9 heteroatoms. The molecule has 0 aliphatic heterocycles. The number of hydrogen-bond acceptors (Lipinski definition) is 7. The lowest BCUT2D eigenvalue weighted by Crippen LogP contribution is -2.15. The summed E-state index contributed by atoms with van der Waals surface area (Å²) in [5.41, 5.74) is 1.77. The van der Waals surface area contributed by atoms with Gasteiger partial charge in [0.05, 0.1) is 17.6 Å². The van der Waals surface area contributed by atoms with Gasteiger partial charge in [-0.1, -0.05) is 32.0 Å². The first-order valence-electron chi connectivity index (χ1n) is 10.6. The van der Waals surface area contributed by atoms with Crippen LogP contribution >= 0.6 is 23.1 Å². The van der Waals surface area contributed by atoms with Gasteiger partial charge in [-0.25, -0.2) is 0 Å². The van der Waals surface area contributed by atoms with Crippen LogP contribution in [0.25, 0.3) is 11.6 Å². The number of rotatable bonds is 8. The fourth-order valence-electron chi connectivity index (χ4n) is 3.91. The van der Waals surface area contributed by atoms with Crippen molar-refractivity contribution >= 4 is 34.0 Å². The molecule has 1 aliphatic carbocycles. The van der Waals surface area contributed by atoms with E-state index in [0.29, 0.717) is 33.2 Å². The van der Waals surface area contributed by atoms with Crippen molar-refractivity contribution in [1.82, 2.24) is 14.8 Å². The first-order chi connectivity index (χ1) is 15.1. The number of amides is 1. The van der Waals surface area contributed by atoms with Crippen LogP contribution < -0.4 is 5.32 Å². The number of carbonyl (C=O) groups is 1. The molecule has 162 valence electrons. The van der Waals surface area contributed by atoms with Crippen molar-refractivity contribution in [2.75, 3.05) is 11.1 Å². The number of thioether (sulfide) groups is 1. The highest BCUT2D eigenvalue weighted by atomic mass is 32.2. The van der Waals surface area contributed by atoms with Crippen LogP contribution in [0.4, 0.5) is 5.00 Å². The highest BCUT2D eigenvalue weighted by molar-refractivity contribution is 7.99. The van der Waals surface area contributed by atoms with Gasteiger partial charge in [-0.15, -0.1) is 21.5 Å². The minimum Gasteiger partial charge on any atom is -0.461 e. The van der Waals surface area contributed by atoms with Gasteiger partial charge in [0.1, 0.15) is 11.1 Å². The average molecular weight is 456 g/mol. The summed E-state index contributed by atoms with van der Waals surface area (Å²) in [5.74, 6) is 2.05. The maximum absolute atomic E-state index is 12.7. The van der Waals surface area contributed by atoms with Crippen LogP contribution in [0.15, 0.2) is 28.0 Å². The lowest BCUT2D eigenvalue weighted by atomic mass is 9.86. The fourth-order valence-corrected chi connectivity index (χ4v) is 6.00. The SMILES string of the molecule is CCCn1c(SCC(=O)Nc2sc3c(c2C#N)CCC(CC)C3)nnc1-c1ccco1. The summed E-state index contributed by atoms with van der Waals surface area (Å²) in [6.45, 7) is 5.03. The molecule has 31 heavy (non-hydrogen) atoms. The highest BCUT2D eigenvalue weighted by Gasteiger charge is 2.26. The standard InChI is InChI=1S/C22H25N5O2S2/c1-3-9-27-20(17-6-5-10-29-17)25-26-22(27)30-13-19(28)24-21-16(12-23)15-8-7-14(4-2)11-18(15)31-21/h5-6,10,14H,3-4,7-9,11,13H2,1-2H3,(H,24,28). The second-order valence-electron chi connectivity index (χ2n) is 7.61. The Kier molecular flexibility index (Phi) is 6.78. The molecule has 3 aromatic rings. The van der Waals surface area contributed by atoms with E-state index >= 15 is 0 Å². The Hall–Kier alpha value is -2.57. The van der Waals surface area contributed by atoms with Gasteiger partial charge in [0.25, 0.3) is 0 Å². The molecule has 0 spiro atoms. The number of anilines is 1. The van der Waals surface area contributed by atoms with E-state index in [9.17, 15) is 10.1 Å². The normalized spacial score (nSPS) is 15.5. The number of nitriles is 1. The van der Waals surface area contributed by atoms with Crippen molar-refractivity contribution in [3.8, 4) is 17.7 Å². The summed E-state index contributed by atoms with van der Waals surface area (Å²) in [6, 6.07) is 5.98. The van der Waals surface area contributed by atoms with Gasteiger partial charge in [0.15, 0.2) is 16.7 Å². The second kappa shape index (κ2) is 9.71. The van der Waals surface area contributed by atoms with E-state index in [1.54, 1.807) is 17.6 Å². The summed E-state index contributed by atoms with van der Waals surface area (Å²) in [7, 11) is 0. The van der Waals surface area contributed by atoms with E-state index < -0.39 is 0 Å². The van der Waals surface area contributed by atoms with E-state index in [2.05, 4.69) is 35.4 Å². The molecule has 0 fully saturated rings. The zero-order valence-electron chi connectivity index (χ0n) is 17.7. The molecular formula is C22H25N5O2S2. The molecule has 1 aliphatic rings. The van der Waals surface area contributed by atoms with E-state index in [1.165, 1.54) is 16.6 Å². The molecule has 1 atom stereocenters. The maximum Gasteiger partial charge on any atom is 0.235 e. The number of nitrogens with one attached hydrogen (secondary N) is 1. The Labute approximate surface area is 189 Å². The summed E-state index contributed by atoms with van der Waals surface area (Å²) in [6.07, 6.45) is 6.71. The zero-order valence-corrected chi connectivity index (χ0v) is 19.3. The quantitative estimate of drug-likeness (QED) is 0.473. The molecule has 1 N–H and O–H groups in total. The monoisotopic (exact) mass is 455 g/mol. The molecule has 0 radical (unpaired) electrons. The largest absolute Gasteiger partial charge is 0.461 e. The van der Waals surface area contributed by atoms with Crippen LogP contribution in [0.2, 0.25) is 0 Å². The molecule has 1 amide bonds. The van der Waals surface area contributed by atoms with Crippen molar-refractivity contribution in [2.45, 2.75) is 57.7 Å². The summed E-state index contributed by atoms with van der Waals surface area (Å²) in [5, 5.41) is 22.5. The number of hydrogen-bond donors (Lipinski definition) is 1. The van der Waals surface area contributed by atoms with Crippen LogP contribution in [0, 0.1) is 17.2 Å². The maximum atomic E-state index is 12.7.